The molecule has 0 saturated heterocycles. The Kier molecular flexibility index (Phi) is 8.35. The quantitative estimate of drug-likeness (QED) is 0.376. The molecular weight excluding hydrogens is 564 g/mol. The Balaban J connectivity index is 1.48. The lowest BCUT2D eigenvalue weighted by molar-refractivity contribution is 0.0344. The van der Waals surface area contributed by atoms with Crippen LogP contribution in [0.2, 0.25) is 0 Å². The summed E-state index contributed by atoms with van der Waals surface area (Å²) in [5.74, 6) is 1.17. The summed E-state index contributed by atoms with van der Waals surface area (Å²) in [7, 11) is -2.16. The van der Waals surface area contributed by atoms with Gasteiger partial charge in [-0.25, -0.2) is 8.42 Å². The molecule has 13 heteroatoms. The van der Waals surface area contributed by atoms with Crippen molar-refractivity contribution in [3.63, 3.8) is 0 Å². The number of ether oxygens (including phenoxy) is 3. The molecule has 0 bridgehead atoms. The molecule has 1 aromatic heterocycles. The number of aromatic nitrogens is 1. The molecule has 3 atom stereocenters. The maximum Gasteiger partial charge on any atom is 0.267 e. The molecule has 42 heavy (non-hydrogen) atoms. The van der Waals surface area contributed by atoms with E-state index in [1.807, 2.05) is 32.2 Å². The van der Waals surface area contributed by atoms with E-state index in [1.54, 1.807) is 36.9 Å². The molecule has 2 aliphatic rings. The summed E-state index contributed by atoms with van der Waals surface area (Å²) in [5.41, 5.74) is 1.56. The highest BCUT2D eigenvalue weighted by Gasteiger charge is 2.35. The topological polar surface area (TPSA) is 144 Å². The van der Waals surface area contributed by atoms with Gasteiger partial charge in [0.2, 0.25) is 6.79 Å². The minimum atomic E-state index is -4.12. The van der Waals surface area contributed by atoms with Crippen molar-refractivity contribution in [1.29, 1.82) is 0 Å². The second-order valence-electron chi connectivity index (χ2n) is 10.9. The molecule has 0 aliphatic carbocycles. The maximum absolute atomic E-state index is 13.8. The van der Waals surface area contributed by atoms with Crippen LogP contribution in [0.3, 0.4) is 0 Å². The van der Waals surface area contributed by atoms with Crippen LogP contribution in [0, 0.1) is 19.8 Å². The molecule has 0 radical (unpaired) electrons. The Morgan fingerprint density at radius 2 is 1.95 bits per heavy atom. The minimum Gasteiger partial charge on any atom is -0.486 e. The van der Waals surface area contributed by atoms with E-state index in [-0.39, 0.29) is 58.6 Å². The largest absolute Gasteiger partial charge is 0.486 e. The van der Waals surface area contributed by atoms with Gasteiger partial charge >= 0.3 is 0 Å². The first-order chi connectivity index (χ1) is 20.0. The number of nitrogens with zero attached hydrogens (tertiary/aromatic N) is 3. The van der Waals surface area contributed by atoms with E-state index in [0.717, 1.165) is 5.56 Å². The van der Waals surface area contributed by atoms with E-state index in [0.29, 0.717) is 31.1 Å². The number of likely N-dealkylation sites (N-methyl/N-ethyl adjacent to an activating group) is 1. The highest BCUT2D eigenvalue weighted by Crippen LogP contribution is 2.37. The molecular formula is C29H36N4O8S. The number of aliphatic hydroxyl groups excluding tert-OH is 1. The zero-order chi connectivity index (χ0) is 30.2. The van der Waals surface area contributed by atoms with Crippen LogP contribution in [0.5, 0.6) is 17.2 Å². The highest BCUT2D eigenvalue weighted by molar-refractivity contribution is 7.92. The zero-order valence-electron chi connectivity index (χ0n) is 24.3. The molecule has 2 aromatic carbocycles. The van der Waals surface area contributed by atoms with Crippen molar-refractivity contribution in [2.24, 2.45) is 5.92 Å². The van der Waals surface area contributed by atoms with Crippen LogP contribution in [-0.4, -0.2) is 80.1 Å². The number of amides is 1. The van der Waals surface area contributed by atoms with E-state index in [1.165, 1.54) is 6.92 Å². The summed E-state index contributed by atoms with van der Waals surface area (Å²) < 4.78 is 52.0. The van der Waals surface area contributed by atoms with Gasteiger partial charge in [0.05, 0.1) is 23.9 Å². The number of carbonyl (C=O) groups is 1. The van der Waals surface area contributed by atoms with Crippen LogP contribution in [0.25, 0.3) is 0 Å². The van der Waals surface area contributed by atoms with Crippen molar-refractivity contribution in [3.8, 4) is 17.2 Å². The average molecular weight is 601 g/mol. The average Bonchev–Trinajstić information content (AvgIpc) is 3.55. The first kappa shape index (κ1) is 29.7. The summed E-state index contributed by atoms with van der Waals surface area (Å²) in [5, 5.41) is 13.7. The third-order valence-electron chi connectivity index (χ3n) is 7.55. The van der Waals surface area contributed by atoms with Crippen LogP contribution >= 0.6 is 0 Å². The van der Waals surface area contributed by atoms with Gasteiger partial charge in [-0.3, -0.25) is 14.4 Å². The number of hydrogen-bond donors (Lipinski definition) is 2. The van der Waals surface area contributed by atoms with Gasteiger partial charge in [-0.15, -0.1) is 0 Å². The molecule has 226 valence electrons. The van der Waals surface area contributed by atoms with E-state index in [9.17, 15) is 18.3 Å². The third-order valence-corrected chi connectivity index (χ3v) is 9.16. The first-order valence-electron chi connectivity index (χ1n) is 13.7. The summed E-state index contributed by atoms with van der Waals surface area (Å²) in [6.45, 7) is 8.20. The Bertz CT molecular complexity index is 1550. The lowest BCUT2D eigenvalue weighted by Crippen LogP contribution is -2.49. The number of aliphatic hydroxyl groups is 1. The Morgan fingerprint density at radius 3 is 2.67 bits per heavy atom. The molecule has 1 amide bonds. The number of fused-ring (bicyclic) bond motifs is 2. The fourth-order valence-electron chi connectivity index (χ4n) is 5.32. The van der Waals surface area contributed by atoms with E-state index >= 15 is 0 Å². The molecule has 5 rings (SSSR count). The number of hydrogen-bond acceptors (Lipinski definition) is 10. The Labute approximate surface area is 245 Å². The fourth-order valence-corrected chi connectivity index (χ4v) is 6.71. The number of rotatable bonds is 9. The van der Waals surface area contributed by atoms with Crippen molar-refractivity contribution in [1.82, 2.24) is 15.0 Å². The zero-order valence-corrected chi connectivity index (χ0v) is 25.1. The lowest BCUT2D eigenvalue weighted by Gasteiger charge is -2.38. The number of carbonyl (C=O) groups excluding carboxylic acids is 1. The van der Waals surface area contributed by atoms with Crippen molar-refractivity contribution in [3.05, 3.63) is 59.0 Å². The van der Waals surface area contributed by atoms with Crippen LogP contribution in [0.4, 0.5) is 5.69 Å². The summed E-state index contributed by atoms with van der Waals surface area (Å²) >= 11 is 0. The van der Waals surface area contributed by atoms with Crippen molar-refractivity contribution in [2.45, 2.75) is 51.3 Å². The molecule has 2 N–H and O–H groups in total. The molecule has 0 unspecified atom stereocenters. The second-order valence-corrected chi connectivity index (χ2v) is 12.6. The van der Waals surface area contributed by atoms with Crippen LogP contribution in [-0.2, 0) is 16.6 Å². The van der Waals surface area contributed by atoms with E-state index < -0.39 is 22.2 Å². The summed E-state index contributed by atoms with van der Waals surface area (Å²) in [6, 6.07) is 10.1. The third kappa shape index (κ3) is 5.90. The Hall–Kier alpha value is -3.81. The Morgan fingerprint density at radius 1 is 1.19 bits per heavy atom. The number of aryl methyl sites for hydroxylation is 2. The van der Waals surface area contributed by atoms with Gasteiger partial charge in [0.1, 0.15) is 11.8 Å². The molecule has 12 nitrogen and oxygen atoms in total. The van der Waals surface area contributed by atoms with Crippen LogP contribution < -0.4 is 18.9 Å². The number of para-hydroxylation sites is 1. The smallest absolute Gasteiger partial charge is 0.267 e. The first-order valence-corrected chi connectivity index (χ1v) is 15.2. The molecule has 3 aromatic rings. The van der Waals surface area contributed by atoms with Gasteiger partial charge in [-0.2, -0.15) is 0 Å². The minimum absolute atomic E-state index is 0.0684. The molecule has 0 saturated carbocycles. The van der Waals surface area contributed by atoms with Gasteiger partial charge in [0.15, 0.2) is 27.9 Å². The highest BCUT2D eigenvalue weighted by atomic mass is 32.2. The summed E-state index contributed by atoms with van der Waals surface area (Å²) in [6.07, 6.45) is -0.436. The SMILES string of the molecule is Cc1noc(C)c1S(=O)(=O)Nc1cccc2c1O[C@H](CN(C)Cc1ccc3c(c1)OCO3)[C@H](C)CN([C@@H](C)CO)C2=O. The molecule has 0 spiro atoms. The van der Waals surface area contributed by atoms with Gasteiger partial charge < -0.3 is 28.7 Å². The predicted molar refractivity (Wildman–Crippen MR) is 153 cm³/mol. The van der Waals surface area contributed by atoms with Crippen LogP contribution in [0.1, 0.15) is 41.2 Å². The van der Waals surface area contributed by atoms with Crippen molar-refractivity contribution < 1.29 is 37.1 Å². The predicted octanol–water partition coefficient (Wildman–Crippen LogP) is 3.17. The van der Waals surface area contributed by atoms with E-state index in [2.05, 4.69) is 14.8 Å². The number of benzene rings is 2. The van der Waals surface area contributed by atoms with Gasteiger partial charge in [0.25, 0.3) is 15.9 Å². The van der Waals surface area contributed by atoms with Gasteiger partial charge in [-0.1, -0.05) is 24.2 Å². The fraction of sp³-hybridized carbons (Fsp3) is 0.448. The van der Waals surface area contributed by atoms with Crippen LogP contribution in [0.15, 0.2) is 45.8 Å². The lowest BCUT2D eigenvalue weighted by atomic mass is 9.99. The normalized spacial score (nSPS) is 19.2. The number of sulfonamides is 1. The second kappa shape index (κ2) is 11.8. The maximum atomic E-state index is 13.8. The van der Waals surface area contributed by atoms with Crippen molar-refractivity contribution >= 4 is 21.6 Å². The molecule has 3 heterocycles. The number of nitrogens with one attached hydrogen (secondary N) is 1. The molecule has 0 fully saturated rings. The van der Waals surface area contributed by atoms with E-state index in [4.69, 9.17) is 18.7 Å². The van der Waals surface area contributed by atoms with Crippen molar-refractivity contribution in [2.75, 3.05) is 38.3 Å². The standard InChI is InChI=1S/C29H36N4O8S/c1-17-12-33(18(2)15-34)29(35)22-7-6-8-23(31-42(36,37)28-19(3)30-41-20(28)4)27(22)40-26(17)14-32(5)13-21-9-10-24-25(11-21)39-16-38-24/h6-11,17-18,26,31,34H,12-16H2,1-5H3/t17-,18+,26-/m1/s1. The summed E-state index contributed by atoms with van der Waals surface area (Å²) in [4.78, 5) is 17.4. The monoisotopic (exact) mass is 600 g/mol. The van der Waals surface area contributed by atoms with Gasteiger partial charge in [-0.05, 0) is 57.6 Å². The number of anilines is 1. The van der Waals surface area contributed by atoms with Gasteiger partial charge in [0, 0.05) is 25.6 Å². The molecule has 2 aliphatic heterocycles.